The maximum Gasteiger partial charge on any atom is 0.352 e. The van der Waals surface area contributed by atoms with Gasteiger partial charge in [-0.05, 0) is 61.9 Å². The maximum absolute atomic E-state index is 13.7. The number of benzene rings is 2. The Bertz CT molecular complexity index is 1320. The first-order valence-corrected chi connectivity index (χ1v) is 10.8. The fourth-order valence-corrected chi connectivity index (χ4v) is 3.79. The van der Waals surface area contributed by atoms with Crippen molar-refractivity contribution in [3.05, 3.63) is 91.5 Å². The number of aromatic nitrogens is 3. The molecule has 172 valence electrons. The Kier molecular flexibility index (Phi) is 6.24. The first-order chi connectivity index (χ1) is 15.7. The van der Waals surface area contributed by atoms with Crippen LogP contribution in [0, 0.1) is 19.7 Å². The predicted molar refractivity (Wildman–Crippen MR) is 122 cm³/mol. The molecule has 0 spiro atoms. The molecular formula is C24H26FN5O3. The molecule has 2 heterocycles. The highest BCUT2D eigenvalue weighted by atomic mass is 19.1. The summed E-state index contributed by atoms with van der Waals surface area (Å²) in [7, 11) is 1.96. The molecule has 1 aliphatic heterocycles. The Hall–Kier alpha value is -3.59. The summed E-state index contributed by atoms with van der Waals surface area (Å²) in [6, 6.07) is 11.0. The molecule has 0 atom stereocenters. The molecule has 4 rings (SSSR count). The summed E-state index contributed by atoms with van der Waals surface area (Å²) >= 11 is 0. The molecule has 0 saturated carbocycles. The van der Waals surface area contributed by atoms with E-state index in [9.17, 15) is 18.8 Å². The average molecular weight is 452 g/mol. The third-order valence-corrected chi connectivity index (χ3v) is 6.02. The molecule has 2 aromatic carbocycles. The summed E-state index contributed by atoms with van der Waals surface area (Å²) in [5.74, 6) is -0.989. The van der Waals surface area contributed by atoms with Crippen molar-refractivity contribution in [2.75, 3.05) is 33.2 Å². The molecule has 1 saturated heterocycles. The zero-order chi connectivity index (χ0) is 23.7. The highest BCUT2D eigenvalue weighted by Crippen LogP contribution is 2.12. The van der Waals surface area contributed by atoms with E-state index >= 15 is 0 Å². The number of carbonyl (C=O) groups is 1. The van der Waals surface area contributed by atoms with Gasteiger partial charge < -0.3 is 9.80 Å². The zero-order valence-corrected chi connectivity index (χ0v) is 18.9. The van der Waals surface area contributed by atoms with Crippen molar-refractivity contribution in [1.82, 2.24) is 24.1 Å². The fraction of sp³-hybridized carbons (Fsp3) is 0.333. The molecule has 3 aromatic rings. The summed E-state index contributed by atoms with van der Waals surface area (Å²) in [6.45, 7) is 5.96. The lowest BCUT2D eigenvalue weighted by Crippen LogP contribution is -2.51. The molecule has 0 N–H and O–H groups in total. The fourth-order valence-electron chi connectivity index (χ4n) is 3.79. The lowest BCUT2D eigenvalue weighted by atomic mass is 10.1. The number of hydrogen-bond donors (Lipinski definition) is 0. The number of nitrogens with zero attached hydrogens (tertiary/aromatic N) is 5. The number of rotatable bonds is 4. The standard InChI is InChI=1S/C24H26FN5O3/c1-16-7-8-20(13-17(16)2)30-24(33)29(15-18-5-4-6-19(25)14-18)23(32)21(26-30)22(31)28-11-9-27(3)10-12-28/h4-8,13-14H,9-12,15H2,1-3H3. The van der Waals surface area contributed by atoms with Crippen molar-refractivity contribution in [2.45, 2.75) is 20.4 Å². The van der Waals surface area contributed by atoms with Crippen LogP contribution < -0.4 is 11.2 Å². The van der Waals surface area contributed by atoms with Gasteiger partial charge in [0.05, 0.1) is 12.2 Å². The minimum atomic E-state index is -0.784. The largest absolute Gasteiger partial charge is 0.352 e. The summed E-state index contributed by atoms with van der Waals surface area (Å²) < 4.78 is 15.8. The van der Waals surface area contributed by atoms with Gasteiger partial charge in [0.1, 0.15) is 5.82 Å². The summed E-state index contributed by atoms with van der Waals surface area (Å²) in [5, 5.41) is 4.22. The Morgan fingerprint density at radius 3 is 2.39 bits per heavy atom. The van der Waals surface area contributed by atoms with Crippen LogP contribution in [0.1, 0.15) is 27.2 Å². The smallest absolute Gasteiger partial charge is 0.335 e. The average Bonchev–Trinajstić information content (AvgIpc) is 2.79. The van der Waals surface area contributed by atoms with Crippen molar-refractivity contribution in [3.8, 4) is 5.69 Å². The molecule has 8 nitrogen and oxygen atoms in total. The normalized spacial score (nSPS) is 14.5. The van der Waals surface area contributed by atoms with E-state index in [0.717, 1.165) is 20.4 Å². The first-order valence-electron chi connectivity index (χ1n) is 10.8. The summed E-state index contributed by atoms with van der Waals surface area (Å²) in [6.07, 6.45) is 0. The third kappa shape index (κ3) is 4.63. The lowest BCUT2D eigenvalue weighted by molar-refractivity contribution is 0.0652. The van der Waals surface area contributed by atoms with Crippen molar-refractivity contribution in [3.63, 3.8) is 0 Å². The highest BCUT2D eigenvalue weighted by Gasteiger charge is 2.27. The van der Waals surface area contributed by atoms with Crippen molar-refractivity contribution < 1.29 is 9.18 Å². The van der Waals surface area contributed by atoms with E-state index in [-0.39, 0.29) is 12.2 Å². The van der Waals surface area contributed by atoms with Gasteiger partial charge in [0.25, 0.3) is 11.5 Å². The lowest BCUT2D eigenvalue weighted by Gasteiger charge is -2.32. The van der Waals surface area contributed by atoms with Gasteiger partial charge in [-0.15, -0.1) is 0 Å². The molecule has 0 bridgehead atoms. The molecule has 1 fully saturated rings. The van der Waals surface area contributed by atoms with E-state index in [1.807, 2.05) is 27.0 Å². The van der Waals surface area contributed by atoms with Gasteiger partial charge in [0.15, 0.2) is 0 Å². The van der Waals surface area contributed by atoms with Crippen LogP contribution in [-0.4, -0.2) is 63.3 Å². The van der Waals surface area contributed by atoms with Gasteiger partial charge in [0.2, 0.25) is 5.69 Å². The van der Waals surface area contributed by atoms with Gasteiger partial charge in [-0.1, -0.05) is 18.2 Å². The van der Waals surface area contributed by atoms with Crippen LogP contribution in [0.25, 0.3) is 5.69 Å². The number of likely N-dealkylation sites (N-methyl/N-ethyl adjacent to an activating group) is 1. The molecule has 0 unspecified atom stereocenters. The molecule has 0 aliphatic carbocycles. The van der Waals surface area contributed by atoms with E-state index in [2.05, 4.69) is 10.00 Å². The molecule has 1 aromatic heterocycles. The number of piperazine rings is 1. The van der Waals surface area contributed by atoms with E-state index in [0.29, 0.717) is 37.4 Å². The number of halogens is 1. The van der Waals surface area contributed by atoms with E-state index in [1.165, 1.54) is 18.2 Å². The van der Waals surface area contributed by atoms with Crippen LogP contribution in [0.4, 0.5) is 4.39 Å². The Morgan fingerprint density at radius 2 is 1.73 bits per heavy atom. The number of amides is 1. The predicted octanol–water partition coefficient (Wildman–Crippen LogP) is 1.59. The second-order valence-electron chi connectivity index (χ2n) is 8.43. The summed E-state index contributed by atoms with van der Waals surface area (Å²) in [5.41, 5.74) is 1.06. The second kappa shape index (κ2) is 9.11. The maximum atomic E-state index is 13.7. The van der Waals surface area contributed by atoms with Crippen LogP contribution >= 0.6 is 0 Å². The molecule has 9 heteroatoms. The van der Waals surface area contributed by atoms with Crippen molar-refractivity contribution in [2.24, 2.45) is 0 Å². The van der Waals surface area contributed by atoms with E-state index in [4.69, 9.17) is 0 Å². The van der Waals surface area contributed by atoms with Gasteiger partial charge >= 0.3 is 5.69 Å². The first kappa shape index (κ1) is 22.6. The van der Waals surface area contributed by atoms with Gasteiger partial charge in [-0.25, -0.2) is 9.18 Å². The Balaban J connectivity index is 1.86. The van der Waals surface area contributed by atoms with E-state index < -0.39 is 23.0 Å². The summed E-state index contributed by atoms with van der Waals surface area (Å²) in [4.78, 5) is 43.5. The monoisotopic (exact) mass is 451 g/mol. The second-order valence-corrected chi connectivity index (χ2v) is 8.43. The molecular weight excluding hydrogens is 425 g/mol. The van der Waals surface area contributed by atoms with E-state index in [1.54, 1.807) is 23.1 Å². The highest BCUT2D eigenvalue weighted by molar-refractivity contribution is 5.92. The molecule has 33 heavy (non-hydrogen) atoms. The van der Waals surface area contributed by atoms with Crippen LogP contribution in [0.3, 0.4) is 0 Å². The Labute approximate surface area is 190 Å². The molecule has 1 aliphatic rings. The van der Waals surface area contributed by atoms with Crippen molar-refractivity contribution >= 4 is 5.91 Å². The van der Waals surface area contributed by atoms with Gasteiger partial charge in [0, 0.05) is 26.2 Å². The number of aryl methyl sites for hydroxylation is 2. The Morgan fingerprint density at radius 1 is 1.00 bits per heavy atom. The third-order valence-electron chi connectivity index (χ3n) is 6.02. The molecule has 0 radical (unpaired) electrons. The minimum Gasteiger partial charge on any atom is -0.335 e. The van der Waals surface area contributed by atoms with Crippen LogP contribution in [0.15, 0.2) is 52.1 Å². The van der Waals surface area contributed by atoms with Crippen molar-refractivity contribution in [1.29, 1.82) is 0 Å². The minimum absolute atomic E-state index is 0.175. The van der Waals surface area contributed by atoms with Crippen LogP contribution in [0.2, 0.25) is 0 Å². The number of carbonyl (C=O) groups excluding carboxylic acids is 1. The zero-order valence-electron chi connectivity index (χ0n) is 18.9. The SMILES string of the molecule is Cc1ccc(-n2nc(C(=O)N3CCN(C)CC3)c(=O)n(Cc3cccc(F)c3)c2=O)cc1C. The van der Waals surface area contributed by atoms with Crippen LogP contribution in [0.5, 0.6) is 0 Å². The quantitative estimate of drug-likeness (QED) is 0.602. The topological polar surface area (TPSA) is 80.4 Å². The number of hydrogen-bond acceptors (Lipinski definition) is 5. The van der Waals surface area contributed by atoms with Gasteiger partial charge in [-0.2, -0.15) is 9.78 Å². The van der Waals surface area contributed by atoms with Crippen LogP contribution in [-0.2, 0) is 6.54 Å². The molecule has 1 amide bonds. The van der Waals surface area contributed by atoms with Gasteiger partial charge in [-0.3, -0.25) is 14.2 Å².